The highest BCUT2D eigenvalue weighted by Gasteiger charge is 2.11. The van der Waals surface area contributed by atoms with Crippen molar-refractivity contribution in [2.24, 2.45) is 7.05 Å². The fourth-order valence-electron chi connectivity index (χ4n) is 1.14. The summed E-state index contributed by atoms with van der Waals surface area (Å²) in [7, 11) is 1.72. The van der Waals surface area contributed by atoms with Crippen molar-refractivity contribution in [1.29, 1.82) is 0 Å². The molecule has 0 saturated heterocycles. The van der Waals surface area contributed by atoms with Crippen LogP contribution < -0.4 is 0 Å². The lowest BCUT2D eigenvalue weighted by molar-refractivity contribution is 0.0988. The minimum absolute atomic E-state index is 0.0560. The van der Waals surface area contributed by atoms with Crippen molar-refractivity contribution in [3.63, 3.8) is 0 Å². The summed E-state index contributed by atoms with van der Waals surface area (Å²) in [6, 6.07) is 1.76. The summed E-state index contributed by atoms with van der Waals surface area (Å²) < 4.78 is 6.37. The molecule has 2 heterocycles. The second-order valence-electron chi connectivity index (χ2n) is 3.01. The standard InChI is InChI=1S/C9H9N3O2/c1-12-5-8(10-11-12)9(13)4-7-2-3-14-6-7/h2-3,5-6H,4H2,1H3. The maximum atomic E-state index is 11.6. The first-order valence-electron chi connectivity index (χ1n) is 4.16. The van der Waals surface area contributed by atoms with Crippen molar-refractivity contribution in [2.75, 3.05) is 0 Å². The van der Waals surface area contributed by atoms with E-state index in [9.17, 15) is 4.79 Å². The fourth-order valence-corrected chi connectivity index (χ4v) is 1.14. The molecule has 2 aromatic rings. The van der Waals surface area contributed by atoms with Gasteiger partial charge >= 0.3 is 0 Å². The van der Waals surface area contributed by atoms with Gasteiger partial charge in [0.1, 0.15) is 5.69 Å². The van der Waals surface area contributed by atoms with Gasteiger partial charge in [-0.2, -0.15) is 0 Å². The molecule has 0 radical (unpaired) electrons. The lowest BCUT2D eigenvalue weighted by atomic mass is 10.1. The zero-order valence-corrected chi connectivity index (χ0v) is 7.67. The van der Waals surface area contributed by atoms with Gasteiger partial charge < -0.3 is 4.42 Å². The Balaban J connectivity index is 2.10. The van der Waals surface area contributed by atoms with Crippen molar-refractivity contribution < 1.29 is 9.21 Å². The predicted molar refractivity (Wildman–Crippen MR) is 47.7 cm³/mol. The first-order chi connectivity index (χ1) is 6.75. The van der Waals surface area contributed by atoms with Gasteiger partial charge in [-0.1, -0.05) is 5.21 Å². The number of aryl methyl sites for hydroxylation is 1. The Morgan fingerprint density at radius 2 is 2.50 bits per heavy atom. The second-order valence-corrected chi connectivity index (χ2v) is 3.01. The van der Waals surface area contributed by atoms with Crippen LogP contribution in [0.4, 0.5) is 0 Å². The lowest BCUT2D eigenvalue weighted by Crippen LogP contribution is -2.03. The molecule has 0 aromatic carbocycles. The van der Waals surface area contributed by atoms with Gasteiger partial charge in [0.15, 0.2) is 5.78 Å². The molecule has 2 rings (SSSR count). The van der Waals surface area contributed by atoms with E-state index >= 15 is 0 Å². The summed E-state index contributed by atoms with van der Waals surface area (Å²) in [5.41, 5.74) is 1.23. The third kappa shape index (κ3) is 1.71. The van der Waals surface area contributed by atoms with E-state index in [1.54, 1.807) is 31.8 Å². The molecule has 0 aliphatic rings. The Morgan fingerprint density at radius 3 is 3.07 bits per heavy atom. The Kier molecular flexibility index (Phi) is 2.14. The van der Waals surface area contributed by atoms with Gasteiger partial charge in [-0.15, -0.1) is 5.10 Å². The number of carbonyl (C=O) groups excluding carboxylic acids is 1. The lowest BCUT2D eigenvalue weighted by Gasteiger charge is -1.91. The monoisotopic (exact) mass is 191 g/mol. The number of rotatable bonds is 3. The van der Waals surface area contributed by atoms with Crippen LogP contribution in [0.15, 0.2) is 29.2 Å². The quantitative estimate of drug-likeness (QED) is 0.674. The van der Waals surface area contributed by atoms with Crippen LogP contribution in [0.25, 0.3) is 0 Å². The molecule has 5 nitrogen and oxygen atoms in total. The van der Waals surface area contributed by atoms with Crippen molar-refractivity contribution in [3.8, 4) is 0 Å². The summed E-state index contributed by atoms with van der Waals surface area (Å²) in [5.74, 6) is -0.0560. The highest BCUT2D eigenvalue weighted by molar-refractivity contribution is 5.95. The van der Waals surface area contributed by atoms with E-state index in [0.717, 1.165) is 5.56 Å². The summed E-state index contributed by atoms with van der Waals surface area (Å²) in [6.45, 7) is 0. The average Bonchev–Trinajstić information content (AvgIpc) is 2.75. The van der Waals surface area contributed by atoms with Crippen LogP contribution >= 0.6 is 0 Å². The summed E-state index contributed by atoms with van der Waals surface area (Å²) in [5, 5.41) is 7.42. The molecule has 2 aromatic heterocycles. The van der Waals surface area contributed by atoms with E-state index in [-0.39, 0.29) is 5.78 Å². The van der Waals surface area contributed by atoms with Gasteiger partial charge in [0.05, 0.1) is 18.7 Å². The summed E-state index contributed by atoms with van der Waals surface area (Å²) >= 11 is 0. The highest BCUT2D eigenvalue weighted by atomic mass is 16.3. The van der Waals surface area contributed by atoms with Crippen molar-refractivity contribution in [3.05, 3.63) is 36.0 Å². The first kappa shape index (κ1) is 8.68. The van der Waals surface area contributed by atoms with Crippen LogP contribution in [0.3, 0.4) is 0 Å². The van der Waals surface area contributed by atoms with Gasteiger partial charge in [0.2, 0.25) is 0 Å². The van der Waals surface area contributed by atoms with Crippen LogP contribution in [0.5, 0.6) is 0 Å². The van der Waals surface area contributed by atoms with E-state index in [1.807, 2.05) is 0 Å². The normalized spacial score (nSPS) is 10.4. The fraction of sp³-hybridized carbons (Fsp3) is 0.222. The maximum Gasteiger partial charge on any atom is 0.189 e. The number of ketones is 1. The van der Waals surface area contributed by atoms with Crippen molar-refractivity contribution >= 4 is 5.78 Å². The molecule has 0 saturated carbocycles. The number of aromatic nitrogens is 3. The van der Waals surface area contributed by atoms with Crippen LogP contribution in [-0.4, -0.2) is 20.8 Å². The van der Waals surface area contributed by atoms with Gasteiger partial charge in [-0.3, -0.25) is 9.48 Å². The van der Waals surface area contributed by atoms with E-state index in [1.165, 1.54) is 4.68 Å². The zero-order chi connectivity index (χ0) is 9.97. The van der Waals surface area contributed by atoms with E-state index in [0.29, 0.717) is 12.1 Å². The van der Waals surface area contributed by atoms with Crippen LogP contribution in [-0.2, 0) is 13.5 Å². The topological polar surface area (TPSA) is 60.9 Å². The average molecular weight is 191 g/mol. The molecule has 14 heavy (non-hydrogen) atoms. The van der Waals surface area contributed by atoms with Crippen molar-refractivity contribution in [2.45, 2.75) is 6.42 Å². The maximum absolute atomic E-state index is 11.6. The minimum atomic E-state index is -0.0560. The third-order valence-electron chi connectivity index (χ3n) is 1.83. The largest absolute Gasteiger partial charge is 0.472 e. The number of carbonyl (C=O) groups is 1. The Bertz CT molecular complexity index is 431. The predicted octanol–water partition coefficient (Wildman–Crippen LogP) is 0.833. The summed E-state index contributed by atoms with van der Waals surface area (Å²) in [4.78, 5) is 11.6. The molecule has 72 valence electrons. The zero-order valence-electron chi connectivity index (χ0n) is 7.67. The summed E-state index contributed by atoms with van der Waals surface area (Å²) in [6.07, 6.45) is 4.99. The molecular weight excluding hydrogens is 182 g/mol. The van der Waals surface area contributed by atoms with Gasteiger partial charge in [-0.05, 0) is 11.6 Å². The molecule has 0 bridgehead atoms. The smallest absolute Gasteiger partial charge is 0.189 e. The number of hydrogen-bond donors (Lipinski definition) is 0. The molecular formula is C9H9N3O2. The molecule has 0 unspecified atom stereocenters. The van der Waals surface area contributed by atoms with Crippen LogP contribution in [0, 0.1) is 0 Å². The van der Waals surface area contributed by atoms with Gasteiger partial charge in [0.25, 0.3) is 0 Å². The van der Waals surface area contributed by atoms with E-state index in [2.05, 4.69) is 10.3 Å². The Labute approximate surface area is 80.3 Å². The van der Waals surface area contributed by atoms with E-state index < -0.39 is 0 Å². The highest BCUT2D eigenvalue weighted by Crippen LogP contribution is 2.05. The third-order valence-corrected chi connectivity index (χ3v) is 1.83. The van der Waals surface area contributed by atoms with Crippen LogP contribution in [0.2, 0.25) is 0 Å². The van der Waals surface area contributed by atoms with Crippen molar-refractivity contribution in [1.82, 2.24) is 15.0 Å². The molecule has 0 fully saturated rings. The van der Waals surface area contributed by atoms with Crippen LogP contribution in [0.1, 0.15) is 16.1 Å². The molecule has 0 amide bonds. The van der Waals surface area contributed by atoms with E-state index in [4.69, 9.17) is 4.42 Å². The number of nitrogens with zero attached hydrogens (tertiary/aromatic N) is 3. The second kappa shape index (κ2) is 3.45. The molecule has 0 N–H and O–H groups in total. The molecule has 0 aliphatic carbocycles. The Hall–Kier alpha value is -1.91. The number of Topliss-reactive ketones (excluding diaryl/α,β-unsaturated/α-hetero) is 1. The van der Waals surface area contributed by atoms with Gasteiger partial charge in [0, 0.05) is 13.5 Å². The Morgan fingerprint density at radius 1 is 1.64 bits per heavy atom. The molecule has 0 spiro atoms. The number of furan rings is 1. The minimum Gasteiger partial charge on any atom is -0.472 e. The van der Waals surface area contributed by atoms with Gasteiger partial charge in [-0.25, -0.2) is 0 Å². The molecule has 0 atom stereocenters. The SMILES string of the molecule is Cn1cc(C(=O)Cc2ccoc2)nn1. The first-order valence-corrected chi connectivity index (χ1v) is 4.16. The molecule has 0 aliphatic heterocycles. The molecule has 5 heteroatoms. The number of hydrogen-bond acceptors (Lipinski definition) is 4.